The van der Waals surface area contributed by atoms with E-state index in [1.54, 1.807) is 17.0 Å². The van der Waals surface area contributed by atoms with E-state index < -0.39 is 0 Å². The van der Waals surface area contributed by atoms with E-state index in [-0.39, 0.29) is 18.4 Å². The Morgan fingerprint density at radius 2 is 2.15 bits per heavy atom. The van der Waals surface area contributed by atoms with Gasteiger partial charge < -0.3 is 16.0 Å². The molecule has 0 bridgehead atoms. The number of nitrogens with one attached hydrogen (secondary N) is 1. The minimum atomic E-state index is -0.159. The van der Waals surface area contributed by atoms with Crippen LogP contribution in [0, 0.1) is 6.92 Å². The molecular formula is C15H21N3O2. The van der Waals surface area contributed by atoms with E-state index in [0.29, 0.717) is 18.7 Å². The summed E-state index contributed by atoms with van der Waals surface area (Å²) in [5, 5.41) is 2.84. The molecule has 2 amide bonds. The van der Waals surface area contributed by atoms with Crippen LogP contribution in [0.15, 0.2) is 18.2 Å². The van der Waals surface area contributed by atoms with Gasteiger partial charge in [0.15, 0.2) is 0 Å². The van der Waals surface area contributed by atoms with Crippen LogP contribution >= 0.6 is 0 Å². The Bertz CT molecular complexity index is 514. The molecule has 0 spiro atoms. The van der Waals surface area contributed by atoms with Crippen LogP contribution in [0.3, 0.4) is 0 Å². The maximum Gasteiger partial charge on any atom is 0.244 e. The maximum atomic E-state index is 12.0. The smallest absolute Gasteiger partial charge is 0.244 e. The molecule has 3 N–H and O–H groups in total. The average molecular weight is 275 g/mol. The van der Waals surface area contributed by atoms with Crippen molar-refractivity contribution in [2.24, 2.45) is 0 Å². The molecule has 1 aromatic rings. The number of hydrogen-bond acceptors (Lipinski definition) is 3. The lowest BCUT2D eigenvalue weighted by Crippen LogP contribution is -2.37. The third-order valence-corrected chi connectivity index (χ3v) is 3.53. The summed E-state index contributed by atoms with van der Waals surface area (Å²) in [7, 11) is 0. The highest BCUT2D eigenvalue weighted by molar-refractivity contribution is 5.95. The monoisotopic (exact) mass is 275 g/mol. The number of aryl methyl sites for hydroxylation is 1. The summed E-state index contributed by atoms with van der Waals surface area (Å²) >= 11 is 0. The molecule has 2 rings (SSSR count). The predicted octanol–water partition coefficient (Wildman–Crippen LogP) is 1.92. The van der Waals surface area contributed by atoms with Crippen molar-refractivity contribution in [2.75, 3.05) is 24.1 Å². The topological polar surface area (TPSA) is 75.4 Å². The van der Waals surface area contributed by atoms with E-state index in [1.165, 1.54) is 0 Å². The minimum Gasteiger partial charge on any atom is -0.399 e. The molecule has 0 radical (unpaired) electrons. The van der Waals surface area contributed by atoms with Gasteiger partial charge in [-0.1, -0.05) is 6.42 Å². The number of nitrogens with two attached hydrogens (primary N) is 1. The molecule has 1 fully saturated rings. The summed E-state index contributed by atoms with van der Waals surface area (Å²) in [5.74, 6) is -0.0835. The second kappa shape index (κ2) is 6.41. The maximum absolute atomic E-state index is 12.0. The molecule has 0 aliphatic carbocycles. The molecule has 0 unspecified atom stereocenters. The molecule has 5 heteroatoms. The van der Waals surface area contributed by atoms with Crippen LogP contribution in [-0.2, 0) is 9.59 Å². The summed E-state index contributed by atoms with van der Waals surface area (Å²) in [6, 6.07) is 5.35. The van der Waals surface area contributed by atoms with E-state index in [4.69, 9.17) is 5.73 Å². The van der Waals surface area contributed by atoms with E-state index in [1.807, 2.05) is 13.0 Å². The van der Waals surface area contributed by atoms with Gasteiger partial charge in [0.2, 0.25) is 11.8 Å². The summed E-state index contributed by atoms with van der Waals surface area (Å²) < 4.78 is 0. The Balaban J connectivity index is 1.96. The van der Waals surface area contributed by atoms with Gasteiger partial charge in [0.1, 0.15) is 0 Å². The second-order valence-corrected chi connectivity index (χ2v) is 5.25. The first-order valence-corrected chi connectivity index (χ1v) is 7.00. The number of nitrogen functional groups attached to an aromatic ring is 1. The van der Waals surface area contributed by atoms with E-state index in [2.05, 4.69) is 5.32 Å². The zero-order valence-corrected chi connectivity index (χ0v) is 11.8. The van der Waals surface area contributed by atoms with Gasteiger partial charge in [-0.25, -0.2) is 0 Å². The SMILES string of the molecule is Cc1cc(N)ccc1NC(=O)CN1CCCCCC1=O. The summed E-state index contributed by atoms with van der Waals surface area (Å²) in [6.07, 6.45) is 3.50. The van der Waals surface area contributed by atoms with Gasteiger partial charge in [0.25, 0.3) is 0 Å². The standard InChI is InChI=1S/C15H21N3O2/c1-11-9-12(16)6-7-13(11)17-14(19)10-18-8-4-2-3-5-15(18)20/h6-7,9H,2-5,8,10,16H2,1H3,(H,17,19). The number of anilines is 2. The van der Waals surface area contributed by atoms with Crippen molar-refractivity contribution in [3.05, 3.63) is 23.8 Å². The van der Waals surface area contributed by atoms with Gasteiger partial charge >= 0.3 is 0 Å². The molecule has 5 nitrogen and oxygen atoms in total. The summed E-state index contributed by atoms with van der Waals surface area (Å²) in [4.78, 5) is 25.5. The normalized spacial score (nSPS) is 15.8. The third kappa shape index (κ3) is 3.73. The molecule has 1 aliphatic heterocycles. The van der Waals surface area contributed by atoms with Crippen LogP contribution < -0.4 is 11.1 Å². The fraction of sp³-hybridized carbons (Fsp3) is 0.467. The van der Waals surface area contributed by atoms with Crippen LogP contribution in [0.1, 0.15) is 31.2 Å². The minimum absolute atomic E-state index is 0.0756. The Kier molecular flexibility index (Phi) is 4.61. The first-order chi connectivity index (χ1) is 9.56. The molecule has 20 heavy (non-hydrogen) atoms. The third-order valence-electron chi connectivity index (χ3n) is 3.53. The zero-order chi connectivity index (χ0) is 14.5. The van der Waals surface area contributed by atoms with Crippen molar-refractivity contribution in [1.82, 2.24) is 4.90 Å². The number of hydrogen-bond donors (Lipinski definition) is 2. The van der Waals surface area contributed by atoms with Crippen molar-refractivity contribution in [1.29, 1.82) is 0 Å². The van der Waals surface area contributed by atoms with Crippen LogP contribution in [0.4, 0.5) is 11.4 Å². The molecule has 1 aromatic carbocycles. The van der Waals surface area contributed by atoms with Crippen molar-refractivity contribution < 1.29 is 9.59 Å². The van der Waals surface area contributed by atoms with Crippen LogP contribution in [0.2, 0.25) is 0 Å². The number of carbonyl (C=O) groups excluding carboxylic acids is 2. The number of carbonyl (C=O) groups is 2. The molecule has 1 heterocycles. The number of rotatable bonds is 3. The Hall–Kier alpha value is -2.04. The van der Waals surface area contributed by atoms with Gasteiger partial charge in [0.05, 0.1) is 6.54 Å². The van der Waals surface area contributed by atoms with E-state index in [0.717, 1.165) is 30.5 Å². The average Bonchev–Trinajstić information content (AvgIpc) is 2.59. The van der Waals surface area contributed by atoms with E-state index in [9.17, 15) is 9.59 Å². The number of amides is 2. The van der Waals surface area contributed by atoms with Gasteiger partial charge in [-0.15, -0.1) is 0 Å². The summed E-state index contributed by atoms with van der Waals surface area (Å²) in [5.41, 5.74) is 8.01. The Labute approximate surface area is 119 Å². The van der Waals surface area contributed by atoms with Crippen LogP contribution in [0.5, 0.6) is 0 Å². The van der Waals surface area contributed by atoms with Gasteiger partial charge in [-0.3, -0.25) is 9.59 Å². The molecule has 0 aromatic heterocycles. The summed E-state index contributed by atoms with van der Waals surface area (Å²) in [6.45, 7) is 2.69. The van der Waals surface area contributed by atoms with Crippen molar-refractivity contribution in [3.63, 3.8) is 0 Å². The Morgan fingerprint density at radius 1 is 1.35 bits per heavy atom. The largest absolute Gasteiger partial charge is 0.399 e. The predicted molar refractivity (Wildman–Crippen MR) is 79.3 cm³/mol. The molecule has 0 saturated carbocycles. The molecule has 1 saturated heterocycles. The lowest BCUT2D eigenvalue weighted by Gasteiger charge is -2.20. The highest BCUT2D eigenvalue weighted by Crippen LogP contribution is 2.18. The molecule has 1 aliphatic rings. The number of likely N-dealkylation sites (tertiary alicyclic amines) is 1. The fourth-order valence-electron chi connectivity index (χ4n) is 2.40. The zero-order valence-electron chi connectivity index (χ0n) is 11.8. The molecule has 108 valence electrons. The van der Waals surface area contributed by atoms with Crippen molar-refractivity contribution >= 4 is 23.2 Å². The fourth-order valence-corrected chi connectivity index (χ4v) is 2.40. The molecular weight excluding hydrogens is 254 g/mol. The van der Waals surface area contributed by atoms with Crippen molar-refractivity contribution in [3.8, 4) is 0 Å². The molecule has 0 atom stereocenters. The lowest BCUT2D eigenvalue weighted by molar-refractivity contribution is -0.134. The second-order valence-electron chi connectivity index (χ2n) is 5.25. The first-order valence-electron chi connectivity index (χ1n) is 7.00. The van der Waals surface area contributed by atoms with Crippen molar-refractivity contribution in [2.45, 2.75) is 32.6 Å². The lowest BCUT2D eigenvalue weighted by atomic mass is 10.2. The quantitative estimate of drug-likeness (QED) is 0.827. The highest BCUT2D eigenvalue weighted by atomic mass is 16.2. The highest BCUT2D eigenvalue weighted by Gasteiger charge is 2.19. The number of benzene rings is 1. The van der Waals surface area contributed by atoms with Crippen LogP contribution in [0.25, 0.3) is 0 Å². The van der Waals surface area contributed by atoms with Gasteiger partial charge in [-0.05, 0) is 43.5 Å². The van der Waals surface area contributed by atoms with Gasteiger partial charge in [0, 0.05) is 24.3 Å². The number of nitrogens with zero attached hydrogens (tertiary/aromatic N) is 1. The van der Waals surface area contributed by atoms with Crippen LogP contribution in [-0.4, -0.2) is 29.8 Å². The Morgan fingerprint density at radius 3 is 2.90 bits per heavy atom. The van der Waals surface area contributed by atoms with E-state index >= 15 is 0 Å². The van der Waals surface area contributed by atoms with Gasteiger partial charge in [-0.2, -0.15) is 0 Å². The first kappa shape index (κ1) is 14.4.